The van der Waals surface area contributed by atoms with E-state index in [0.717, 1.165) is 11.3 Å². The van der Waals surface area contributed by atoms with Crippen molar-refractivity contribution in [3.05, 3.63) is 87.1 Å². The lowest BCUT2D eigenvalue weighted by Gasteiger charge is -2.08. The largest absolute Gasteiger partial charge is 0.465 e. The predicted molar refractivity (Wildman–Crippen MR) is 140 cm³/mol. The van der Waals surface area contributed by atoms with Gasteiger partial charge in [-0.05, 0) is 55.5 Å². The monoisotopic (exact) mass is 563 g/mol. The summed E-state index contributed by atoms with van der Waals surface area (Å²) in [6.07, 6.45) is 0. The van der Waals surface area contributed by atoms with Gasteiger partial charge in [-0.2, -0.15) is 4.99 Å². The Morgan fingerprint density at radius 1 is 1.00 bits per heavy atom. The van der Waals surface area contributed by atoms with E-state index in [0.29, 0.717) is 20.3 Å². The van der Waals surface area contributed by atoms with E-state index in [1.807, 2.05) is 0 Å². The lowest BCUT2D eigenvalue weighted by atomic mass is 10.2. The molecule has 1 heterocycles. The number of nitrogens with zero attached hydrogens (tertiary/aromatic N) is 2. The number of nitrogens with one attached hydrogen (secondary N) is 1. The molecule has 12 heteroatoms. The number of benzene rings is 3. The fourth-order valence-corrected chi connectivity index (χ4v) is 6.05. The molecule has 1 amide bonds. The highest BCUT2D eigenvalue weighted by Gasteiger charge is 2.18. The van der Waals surface area contributed by atoms with Crippen LogP contribution in [0.4, 0.5) is 5.69 Å². The second-order valence-corrected chi connectivity index (χ2v) is 10.9. The number of aromatic nitrogens is 1. The standard InChI is InChI=1S/C24H19Cl2N3O5S2/c1-2-34-20(30)14-29-21-18(25)12-13-19(26)22(21)35-24(29)27-23(31)15-8-10-16(11-9-15)28-36(32,33)17-6-4-3-5-7-17/h3-13,28H,2,14H2,1H3. The third-order valence-corrected chi connectivity index (χ3v) is 8.20. The summed E-state index contributed by atoms with van der Waals surface area (Å²) in [6, 6.07) is 17.0. The summed E-state index contributed by atoms with van der Waals surface area (Å²) in [5, 5.41) is 0.750. The number of fused-ring (bicyclic) bond motifs is 1. The number of ether oxygens (including phenoxy) is 1. The van der Waals surface area contributed by atoms with Gasteiger partial charge in [0.25, 0.3) is 15.9 Å². The third kappa shape index (κ3) is 5.62. The molecule has 0 radical (unpaired) electrons. The van der Waals surface area contributed by atoms with Gasteiger partial charge in [0.2, 0.25) is 0 Å². The van der Waals surface area contributed by atoms with Gasteiger partial charge in [0.05, 0.1) is 31.8 Å². The second kappa shape index (κ2) is 10.8. The molecule has 4 aromatic rings. The first-order chi connectivity index (χ1) is 17.2. The Bertz CT molecular complexity index is 1610. The van der Waals surface area contributed by atoms with Crippen LogP contribution in [0, 0.1) is 0 Å². The highest BCUT2D eigenvalue weighted by Crippen LogP contribution is 2.32. The molecule has 0 bridgehead atoms. The Hall–Kier alpha value is -3.18. The average Bonchev–Trinajstić information content (AvgIpc) is 3.21. The molecule has 0 fully saturated rings. The Kier molecular flexibility index (Phi) is 7.79. The first kappa shape index (κ1) is 25.9. The van der Waals surface area contributed by atoms with E-state index in [-0.39, 0.29) is 34.1 Å². The van der Waals surface area contributed by atoms with Crippen LogP contribution in [0.25, 0.3) is 10.2 Å². The number of thiazole rings is 1. The highest BCUT2D eigenvalue weighted by molar-refractivity contribution is 7.92. The van der Waals surface area contributed by atoms with Crippen LogP contribution in [-0.2, 0) is 26.1 Å². The van der Waals surface area contributed by atoms with Gasteiger partial charge in [-0.15, -0.1) is 0 Å². The molecule has 0 saturated carbocycles. The van der Waals surface area contributed by atoms with Gasteiger partial charge in [-0.1, -0.05) is 52.7 Å². The highest BCUT2D eigenvalue weighted by atomic mass is 35.5. The molecule has 0 spiro atoms. The van der Waals surface area contributed by atoms with Gasteiger partial charge >= 0.3 is 5.97 Å². The Labute approximate surface area is 220 Å². The molecular weight excluding hydrogens is 545 g/mol. The number of sulfonamides is 1. The maximum Gasteiger partial charge on any atom is 0.326 e. The molecule has 0 saturated heterocycles. The van der Waals surface area contributed by atoms with Crippen molar-refractivity contribution in [1.29, 1.82) is 0 Å². The zero-order valence-electron chi connectivity index (χ0n) is 18.8. The van der Waals surface area contributed by atoms with Crippen LogP contribution >= 0.6 is 34.5 Å². The number of anilines is 1. The molecule has 4 rings (SSSR count). The fourth-order valence-electron chi connectivity index (χ4n) is 3.32. The van der Waals surface area contributed by atoms with Crippen molar-refractivity contribution in [3.63, 3.8) is 0 Å². The number of amides is 1. The van der Waals surface area contributed by atoms with Crippen LogP contribution in [0.5, 0.6) is 0 Å². The predicted octanol–water partition coefficient (Wildman–Crippen LogP) is 5.11. The van der Waals surface area contributed by atoms with E-state index in [2.05, 4.69) is 9.71 Å². The maximum absolute atomic E-state index is 12.9. The number of carbonyl (C=O) groups excluding carboxylic acids is 2. The lowest BCUT2D eigenvalue weighted by molar-refractivity contribution is -0.143. The van der Waals surface area contributed by atoms with Gasteiger partial charge in [-0.3, -0.25) is 14.3 Å². The van der Waals surface area contributed by atoms with Gasteiger partial charge in [0.1, 0.15) is 6.54 Å². The number of hydrogen-bond acceptors (Lipinski definition) is 6. The van der Waals surface area contributed by atoms with E-state index in [1.165, 1.54) is 41.0 Å². The minimum absolute atomic E-state index is 0.119. The molecule has 0 aliphatic carbocycles. The fraction of sp³-hybridized carbons (Fsp3) is 0.125. The molecule has 0 atom stereocenters. The van der Waals surface area contributed by atoms with Gasteiger partial charge in [0.15, 0.2) is 4.80 Å². The van der Waals surface area contributed by atoms with Crippen molar-refractivity contribution in [3.8, 4) is 0 Å². The number of halogens is 2. The molecule has 3 aromatic carbocycles. The first-order valence-corrected chi connectivity index (χ1v) is 13.6. The smallest absolute Gasteiger partial charge is 0.326 e. The van der Waals surface area contributed by atoms with E-state index < -0.39 is 21.9 Å². The summed E-state index contributed by atoms with van der Waals surface area (Å²) in [4.78, 5) is 29.7. The zero-order chi connectivity index (χ0) is 25.9. The summed E-state index contributed by atoms with van der Waals surface area (Å²) in [5.41, 5.74) is 0.975. The topological polar surface area (TPSA) is 107 Å². The van der Waals surface area contributed by atoms with Crippen molar-refractivity contribution >= 4 is 72.3 Å². The van der Waals surface area contributed by atoms with Crippen LogP contribution in [0.1, 0.15) is 17.3 Å². The summed E-state index contributed by atoms with van der Waals surface area (Å²) in [6.45, 7) is 1.68. The van der Waals surface area contributed by atoms with E-state index >= 15 is 0 Å². The summed E-state index contributed by atoms with van der Waals surface area (Å²) >= 11 is 13.8. The number of hydrogen-bond donors (Lipinski definition) is 1. The molecule has 0 unspecified atom stereocenters. The van der Waals surface area contributed by atoms with Crippen molar-refractivity contribution in [1.82, 2.24) is 4.57 Å². The Balaban J connectivity index is 1.66. The maximum atomic E-state index is 12.9. The number of esters is 1. The van der Waals surface area contributed by atoms with E-state index in [1.54, 1.807) is 37.3 Å². The first-order valence-electron chi connectivity index (χ1n) is 10.6. The quantitative estimate of drug-likeness (QED) is 0.314. The number of carbonyl (C=O) groups is 2. The molecule has 8 nitrogen and oxygen atoms in total. The lowest BCUT2D eigenvalue weighted by Crippen LogP contribution is -2.23. The minimum atomic E-state index is -3.77. The van der Waals surface area contributed by atoms with Gasteiger partial charge in [-0.25, -0.2) is 8.42 Å². The van der Waals surface area contributed by atoms with Gasteiger partial charge in [0, 0.05) is 11.3 Å². The molecule has 1 N–H and O–H groups in total. The second-order valence-electron chi connectivity index (χ2n) is 7.40. The normalized spacial score (nSPS) is 12.0. The van der Waals surface area contributed by atoms with Crippen molar-refractivity contribution in [2.45, 2.75) is 18.4 Å². The third-order valence-electron chi connectivity index (χ3n) is 4.96. The van der Waals surface area contributed by atoms with Crippen LogP contribution in [0.3, 0.4) is 0 Å². The van der Waals surface area contributed by atoms with Crippen LogP contribution in [0.15, 0.2) is 76.6 Å². The van der Waals surface area contributed by atoms with Crippen molar-refractivity contribution in [2.75, 3.05) is 11.3 Å². The zero-order valence-corrected chi connectivity index (χ0v) is 21.9. The van der Waals surface area contributed by atoms with Crippen LogP contribution in [-0.4, -0.2) is 31.5 Å². The SMILES string of the molecule is CCOC(=O)Cn1c(=NC(=O)c2ccc(NS(=O)(=O)c3ccccc3)cc2)sc2c(Cl)ccc(Cl)c21. The number of rotatable bonds is 7. The van der Waals surface area contributed by atoms with Crippen molar-refractivity contribution in [2.24, 2.45) is 4.99 Å². The molecule has 186 valence electrons. The van der Waals surface area contributed by atoms with Crippen molar-refractivity contribution < 1.29 is 22.7 Å². The van der Waals surface area contributed by atoms with Gasteiger partial charge < -0.3 is 9.30 Å². The average molecular weight is 564 g/mol. The van der Waals surface area contributed by atoms with Crippen LogP contribution < -0.4 is 9.52 Å². The summed E-state index contributed by atoms with van der Waals surface area (Å²) < 4.78 is 34.6. The molecule has 0 aliphatic rings. The Morgan fingerprint density at radius 2 is 1.67 bits per heavy atom. The van der Waals surface area contributed by atoms with E-state index in [9.17, 15) is 18.0 Å². The summed E-state index contributed by atoms with van der Waals surface area (Å²) in [7, 11) is -3.77. The molecule has 1 aromatic heterocycles. The molecular formula is C24H19Cl2N3O5S2. The summed E-state index contributed by atoms with van der Waals surface area (Å²) in [5.74, 6) is -1.11. The minimum Gasteiger partial charge on any atom is -0.465 e. The molecule has 0 aliphatic heterocycles. The van der Waals surface area contributed by atoms with Crippen LogP contribution in [0.2, 0.25) is 10.0 Å². The molecule has 36 heavy (non-hydrogen) atoms. The van der Waals surface area contributed by atoms with E-state index in [4.69, 9.17) is 27.9 Å². The Morgan fingerprint density at radius 3 is 2.33 bits per heavy atom.